The van der Waals surface area contributed by atoms with Crippen LogP contribution in [0.5, 0.6) is 0 Å². The van der Waals surface area contributed by atoms with E-state index < -0.39 is 0 Å². The summed E-state index contributed by atoms with van der Waals surface area (Å²) in [5.74, 6) is 1.30. The Balaban J connectivity index is 2.59. The van der Waals surface area contributed by atoms with E-state index in [-0.39, 0.29) is 0 Å². The highest BCUT2D eigenvalue weighted by Crippen LogP contribution is 2.30. The Bertz CT molecular complexity index is 443. The average Bonchev–Trinajstić information content (AvgIpc) is 2.42. The summed E-state index contributed by atoms with van der Waals surface area (Å²) in [4.78, 5) is 4.18. The second kappa shape index (κ2) is 7.93. The van der Waals surface area contributed by atoms with Gasteiger partial charge in [0.2, 0.25) is 0 Å². The van der Waals surface area contributed by atoms with E-state index >= 15 is 0 Å². The van der Waals surface area contributed by atoms with Crippen LogP contribution in [0.1, 0.15) is 57.6 Å². The van der Waals surface area contributed by atoms with Gasteiger partial charge in [-0.15, -0.1) is 0 Å². The minimum absolute atomic E-state index is 0.615. The number of hydrogen-bond donors (Lipinski definition) is 0. The first-order valence-electron chi connectivity index (χ1n) is 7.25. The molecule has 0 radical (unpaired) electrons. The van der Waals surface area contributed by atoms with Gasteiger partial charge in [-0.05, 0) is 56.6 Å². The maximum absolute atomic E-state index is 4.18. The molecule has 0 spiro atoms. The second-order valence-corrected chi connectivity index (χ2v) is 5.54. The molecule has 1 aromatic rings. The summed E-state index contributed by atoms with van der Waals surface area (Å²) in [6.07, 6.45) is 6.17. The molecule has 1 heteroatoms. The van der Waals surface area contributed by atoms with Gasteiger partial charge in [-0.25, -0.2) is 0 Å². The predicted molar refractivity (Wildman–Crippen MR) is 85.9 cm³/mol. The van der Waals surface area contributed by atoms with Gasteiger partial charge in [0.1, 0.15) is 0 Å². The van der Waals surface area contributed by atoms with Crippen molar-refractivity contribution in [3.8, 4) is 0 Å². The van der Waals surface area contributed by atoms with E-state index in [0.29, 0.717) is 11.8 Å². The van der Waals surface area contributed by atoms with Crippen LogP contribution in [0.15, 0.2) is 41.0 Å². The molecule has 19 heavy (non-hydrogen) atoms. The van der Waals surface area contributed by atoms with E-state index in [1.165, 1.54) is 23.1 Å². The van der Waals surface area contributed by atoms with Gasteiger partial charge in [-0.2, -0.15) is 0 Å². The molecule has 0 amide bonds. The first kappa shape index (κ1) is 15.7. The van der Waals surface area contributed by atoms with Gasteiger partial charge in [-0.1, -0.05) is 43.7 Å². The largest absolute Gasteiger partial charge is 0.269 e. The van der Waals surface area contributed by atoms with Crippen LogP contribution in [-0.2, 0) is 0 Å². The van der Waals surface area contributed by atoms with Crippen LogP contribution in [0.3, 0.4) is 0 Å². The van der Waals surface area contributed by atoms with Crippen LogP contribution in [0.2, 0.25) is 0 Å². The van der Waals surface area contributed by atoms with E-state index in [9.17, 15) is 0 Å². The zero-order chi connectivity index (χ0) is 14.3. The number of benzene rings is 1. The Kier molecular flexibility index (Phi) is 6.55. The van der Waals surface area contributed by atoms with Crippen LogP contribution in [0.4, 0.5) is 0 Å². The average molecular weight is 257 g/mol. The maximum atomic E-state index is 4.18. The molecular formula is C18H27N. The zero-order valence-electron chi connectivity index (χ0n) is 13.0. The van der Waals surface area contributed by atoms with Crippen LogP contribution in [-0.4, -0.2) is 6.21 Å². The van der Waals surface area contributed by atoms with E-state index in [1.54, 1.807) is 0 Å². The summed E-state index contributed by atoms with van der Waals surface area (Å²) in [7, 11) is 0. The molecule has 104 valence electrons. The number of aliphatic imine (C=N–C) groups is 1. The van der Waals surface area contributed by atoms with Gasteiger partial charge in [-0.3, -0.25) is 4.99 Å². The molecule has 0 N–H and O–H groups in total. The van der Waals surface area contributed by atoms with Crippen molar-refractivity contribution in [1.82, 2.24) is 0 Å². The minimum Gasteiger partial charge on any atom is -0.269 e. The first-order valence-corrected chi connectivity index (χ1v) is 7.25. The molecule has 0 saturated carbocycles. The fourth-order valence-corrected chi connectivity index (χ4v) is 2.38. The van der Waals surface area contributed by atoms with Crippen molar-refractivity contribution in [1.29, 1.82) is 0 Å². The fraction of sp³-hybridized carbons (Fsp3) is 0.500. The highest BCUT2D eigenvalue weighted by molar-refractivity contribution is 5.54. The van der Waals surface area contributed by atoms with Crippen molar-refractivity contribution < 1.29 is 0 Å². The molecule has 0 fully saturated rings. The zero-order valence-corrected chi connectivity index (χ0v) is 13.0. The summed E-state index contributed by atoms with van der Waals surface area (Å²) in [5, 5.41) is 0. The van der Waals surface area contributed by atoms with Crippen molar-refractivity contribution in [2.24, 2.45) is 10.9 Å². The first-order chi connectivity index (χ1) is 9.06. The maximum Gasteiger partial charge on any atom is 0.0252 e. The molecule has 0 heterocycles. The quantitative estimate of drug-likeness (QED) is 0.596. The highest BCUT2D eigenvalue weighted by Gasteiger charge is 2.15. The molecule has 2 atom stereocenters. The third kappa shape index (κ3) is 5.02. The predicted octanol–water partition coefficient (Wildman–Crippen LogP) is 5.51. The molecule has 2 unspecified atom stereocenters. The van der Waals surface area contributed by atoms with Gasteiger partial charge in [0.15, 0.2) is 0 Å². The van der Waals surface area contributed by atoms with Gasteiger partial charge in [0, 0.05) is 12.4 Å². The van der Waals surface area contributed by atoms with Gasteiger partial charge < -0.3 is 0 Å². The molecule has 0 aliphatic carbocycles. The Morgan fingerprint density at radius 1 is 1.26 bits per heavy atom. The van der Waals surface area contributed by atoms with E-state index in [4.69, 9.17) is 0 Å². The standard InChI is InChI=1S/C18H27N/c1-6-19-13-14(2)11-12-15(3)17(5)18-10-8-7-9-16(18)4/h6-10,13,15,17H,11-12H2,1-5H3/b14-13+,19-6-. The van der Waals surface area contributed by atoms with E-state index in [2.05, 4.69) is 57.0 Å². The SMILES string of the molecule is C/C=N\C=C(/C)CCC(C)C(C)c1ccccc1C. The molecule has 0 bridgehead atoms. The van der Waals surface area contributed by atoms with E-state index in [0.717, 1.165) is 6.42 Å². The summed E-state index contributed by atoms with van der Waals surface area (Å²) in [5.41, 5.74) is 4.26. The van der Waals surface area contributed by atoms with Crippen LogP contribution in [0, 0.1) is 12.8 Å². The molecule has 1 rings (SSSR count). The van der Waals surface area contributed by atoms with Gasteiger partial charge in [0.05, 0.1) is 0 Å². The van der Waals surface area contributed by atoms with Crippen LogP contribution >= 0.6 is 0 Å². The third-order valence-electron chi connectivity index (χ3n) is 3.97. The number of allylic oxidation sites excluding steroid dienone is 1. The van der Waals surface area contributed by atoms with Gasteiger partial charge in [0.25, 0.3) is 0 Å². The van der Waals surface area contributed by atoms with Crippen molar-refractivity contribution in [2.75, 3.05) is 0 Å². The minimum atomic E-state index is 0.615. The second-order valence-electron chi connectivity index (χ2n) is 5.54. The lowest BCUT2D eigenvalue weighted by Gasteiger charge is -2.22. The molecule has 0 aliphatic rings. The van der Waals surface area contributed by atoms with E-state index in [1.807, 2.05) is 19.3 Å². The summed E-state index contributed by atoms with van der Waals surface area (Å²) in [6, 6.07) is 8.73. The molecular weight excluding hydrogens is 230 g/mol. The lowest BCUT2D eigenvalue weighted by Crippen LogP contribution is -2.08. The number of hydrogen-bond acceptors (Lipinski definition) is 1. The lowest BCUT2D eigenvalue weighted by atomic mass is 9.83. The Morgan fingerprint density at radius 2 is 1.95 bits per heavy atom. The third-order valence-corrected chi connectivity index (χ3v) is 3.97. The normalized spacial score (nSPS) is 15.7. The highest BCUT2D eigenvalue weighted by atomic mass is 14.7. The topological polar surface area (TPSA) is 12.4 Å². The molecule has 1 aromatic carbocycles. The number of nitrogens with zero attached hydrogens (tertiary/aromatic N) is 1. The number of rotatable bonds is 6. The number of aryl methyl sites for hydroxylation is 1. The summed E-state index contributed by atoms with van der Waals surface area (Å²) >= 11 is 0. The van der Waals surface area contributed by atoms with Crippen LogP contribution < -0.4 is 0 Å². The van der Waals surface area contributed by atoms with Crippen molar-refractivity contribution in [3.63, 3.8) is 0 Å². The van der Waals surface area contributed by atoms with Crippen molar-refractivity contribution in [2.45, 2.75) is 53.4 Å². The Labute approximate surface area is 118 Å². The molecule has 0 saturated heterocycles. The smallest absolute Gasteiger partial charge is 0.0252 e. The Hall–Kier alpha value is -1.37. The van der Waals surface area contributed by atoms with Crippen LogP contribution in [0.25, 0.3) is 0 Å². The molecule has 1 nitrogen and oxygen atoms in total. The van der Waals surface area contributed by atoms with Crippen molar-refractivity contribution in [3.05, 3.63) is 47.2 Å². The summed E-state index contributed by atoms with van der Waals surface area (Å²) in [6.45, 7) is 11.0. The fourth-order valence-electron chi connectivity index (χ4n) is 2.38. The molecule has 0 aliphatic heterocycles. The monoisotopic (exact) mass is 257 g/mol. The molecule has 0 aromatic heterocycles. The summed E-state index contributed by atoms with van der Waals surface area (Å²) < 4.78 is 0. The van der Waals surface area contributed by atoms with Gasteiger partial charge >= 0.3 is 0 Å². The lowest BCUT2D eigenvalue weighted by molar-refractivity contribution is 0.451. The van der Waals surface area contributed by atoms with Crippen molar-refractivity contribution >= 4 is 6.21 Å². The Morgan fingerprint density at radius 3 is 2.58 bits per heavy atom.